The van der Waals surface area contributed by atoms with Crippen LogP contribution in [-0.2, 0) is 14.4 Å². The molecule has 2 amide bonds. The summed E-state index contributed by atoms with van der Waals surface area (Å²) in [5.74, 6) is -2.59. The SMILES string of the molecule is CNC1=C(Cl)C(=O)C(=O)NC1=O. The molecule has 0 atom stereocenters. The molecule has 0 unspecified atom stereocenters. The lowest BCUT2D eigenvalue weighted by atomic mass is 10.2. The van der Waals surface area contributed by atoms with E-state index in [-0.39, 0.29) is 10.7 Å². The molecule has 2 N–H and O–H groups in total. The van der Waals surface area contributed by atoms with Crippen molar-refractivity contribution in [2.75, 3.05) is 7.05 Å². The van der Waals surface area contributed by atoms with Crippen LogP contribution in [0.5, 0.6) is 0 Å². The van der Waals surface area contributed by atoms with Gasteiger partial charge in [0.15, 0.2) is 0 Å². The van der Waals surface area contributed by atoms with Crippen molar-refractivity contribution in [3.8, 4) is 0 Å². The first kappa shape index (κ1) is 8.73. The van der Waals surface area contributed by atoms with Crippen LogP contribution in [0.1, 0.15) is 0 Å². The summed E-state index contributed by atoms with van der Waals surface area (Å²) in [4.78, 5) is 32.4. The highest BCUT2D eigenvalue weighted by Crippen LogP contribution is 2.12. The summed E-state index contributed by atoms with van der Waals surface area (Å²) in [6.07, 6.45) is 0. The Bertz CT molecular complexity index is 308. The summed E-state index contributed by atoms with van der Waals surface area (Å²) in [5, 5.41) is 3.88. The van der Waals surface area contributed by atoms with Crippen molar-refractivity contribution in [3.05, 3.63) is 10.7 Å². The summed E-state index contributed by atoms with van der Waals surface area (Å²) in [7, 11) is 1.43. The summed E-state index contributed by atoms with van der Waals surface area (Å²) in [6, 6.07) is 0. The standard InChI is InChI=1S/C6H5ClN2O3/c1-8-3-2(7)4(10)6(12)9-5(3)11/h8H,1H3,(H,9,11,12). The molecule has 6 heteroatoms. The second-order valence-corrected chi connectivity index (χ2v) is 2.43. The molecule has 1 rings (SSSR count). The van der Waals surface area contributed by atoms with E-state index in [9.17, 15) is 14.4 Å². The van der Waals surface area contributed by atoms with Crippen LogP contribution in [0.15, 0.2) is 10.7 Å². The predicted molar refractivity (Wildman–Crippen MR) is 40.1 cm³/mol. The van der Waals surface area contributed by atoms with E-state index in [0.717, 1.165) is 0 Å². The van der Waals surface area contributed by atoms with Crippen molar-refractivity contribution in [3.63, 3.8) is 0 Å². The fourth-order valence-corrected chi connectivity index (χ4v) is 1.02. The minimum absolute atomic E-state index is 0.0822. The molecular formula is C6H5ClN2O3. The number of amides is 2. The first-order valence-electron chi connectivity index (χ1n) is 3.05. The Hall–Kier alpha value is -1.36. The molecule has 0 aromatic heterocycles. The highest BCUT2D eigenvalue weighted by molar-refractivity contribution is 6.61. The predicted octanol–water partition coefficient (Wildman–Crippen LogP) is -1.12. The van der Waals surface area contributed by atoms with Gasteiger partial charge >= 0.3 is 0 Å². The van der Waals surface area contributed by atoms with Crippen molar-refractivity contribution in [2.45, 2.75) is 0 Å². The molecule has 0 aromatic rings. The second-order valence-electron chi connectivity index (χ2n) is 2.05. The van der Waals surface area contributed by atoms with Gasteiger partial charge in [-0.15, -0.1) is 0 Å². The van der Waals surface area contributed by atoms with Gasteiger partial charge in [0, 0.05) is 7.05 Å². The average molecular weight is 189 g/mol. The molecule has 0 radical (unpaired) electrons. The molecule has 1 heterocycles. The maximum absolute atomic E-state index is 10.9. The summed E-state index contributed by atoms with van der Waals surface area (Å²) in [6.45, 7) is 0. The van der Waals surface area contributed by atoms with Gasteiger partial charge < -0.3 is 5.32 Å². The van der Waals surface area contributed by atoms with Crippen molar-refractivity contribution >= 4 is 29.2 Å². The second kappa shape index (κ2) is 2.94. The number of Topliss-reactive ketones (excluding diaryl/α,β-unsaturated/α-hetero) is 1. The molecule has 1 aliphatic heterocycles. The molecule has 0 saturated heterocycles. The van der Waals surface area contributed by atoms with E-state index in [1.165, 1.54) is 7.05 Å². The molecule has 1 aliphatic rings. The molecule has 0 aliphatic carbocycles. The zero-order valence-corrected chi connectivity index (χ0v) is 6.86. The van der Waals surface area contributed by atoms with Gasteiger partial charge in [-0.1, -0.05) is 11.6 Å². The Kier molecular flexibility index (Phi) is 2.14. The number of nitrogens with one attached hydrogen (secondary N) is 2. The Morgan fingerprint density at radius 2 is 1.83 bits per heavy atom. The largest absolute Gasteiger partial charge is 0.382 e. The highest BCUT2D eigenvalue weighted by Gasteiger charge is 2.31. The molecule has 5 nitrogen and oxygen atoms in total. The minimum Gasteiger partial charge on any atom is -0.382 e. The molecule has 0 saturated carbocycles. The van der Waals surface area contributed by atoms with Gasteiger partial charge in [-0.3, -0.25) is 19.7 Å². The Morgan fingerprint density at radius 1 is 1.25 bits per heavy atom. The third kappa shape index (κ3) is 1.18. The number of halogens is 1. The molecule has 0 bridgehead atoms. The van der Waals surface area contributed by atoms with Crippen LogP contribution in [0.4, 0.5) is 0 Å². The number of hydrogen-bond acceptors (Lipinski definition) is 4. The van der Waals surface area contributed by atoms with Crippen LogP contribution < -0.4 is 10.6 Å². The summed E-state index contributed by atoms with van der Waals surface area (Å²) >= 11 is 5.41. The van der Waals surface area contributed by atoms with Crippen molar-refractivity contribution in [1.82, 2.24) is 10.6 Å². The number of carbonyl (C=O) groups excluding carboxylic acids is 3. The zero-order valence-electron chi connectivity index (χ0n) is 6.10. The lowest BCUT2D eigenvalue weighted by Gasteiger charge is -2.13. The quantitative estimate of drug-likeness (QED) is 0.404. The molecular weight excluding hydrogens is 184 g/mol. The number of likely N-dealkylation sites (N-methyl/N-ethyl adjacent to an activating group) is 1. The minimum atomic E-state index is -0.996. The highest BCUT2D eigenvalue weighted by atomic mass is 35.5. The van der Waals surface area contributed by atoms with E-state index >= 15 is 0 Å². The van der Waals surface area contributed by atoms with Gasteiger partial charge in [-0.05, 0) is 0 Å². The number of ketones is 1. The number of carbonyl (C=O) groups is 3. The van der Waals surface area contributed by atoms with Gasteiger partial charge in [0.2, 0.25) is 0 Å². The van der Waals surface area contributed by atoms with Gasteiger partial charge in [0.05, 0.1) is 0 Å². The summed E-state index contributed by atoms with van der Waals surface area (Å²) < 4.78 is 0. The lowest BCUT2D eigenvalue weighted by Crippen LogP contribution is -2.45. The number of hydrogen-bond donors (Lipinski definition) is 2. The number of rotatable bonds is 1. The molecule has 0 spiro atoms. The van der Waals surface area contributed by atoms with Crippen LogP contribution in [0.3, 0.4) is 0 Å². The number of imide groups is 1. The zero-order chi connectivity index (χ0) is 9.30. The lowest BCUT2D eigenvalue weighted by molar-refractivity contribution is -0.139. The van der Waals surface area contributed by atoms with Crippen LogP contribution in [-0.4, -0.2) is 24.6 Å². The Balaban J connectivity index is 3.17. The third-order valence-corrected chi connectivity index (χ3v) is 1.69. The molecule has 0 aromatic carbocycles. The van der Waals surface area contributed by atoms with Crippen molar-refractivity contribution in [1.29, 1.82) is 0 Å². The topological polar surface area (TPSA) is 75.3 Å². The molecule has 12 heavy (non-hydrogen) atoms. The van der Waals surface area contributed by atoms with E-state index in [1.807, 2.05) is 5.32 Å². The van der Waals surface area contributed by atoms with Gasteiger partial charge in [-0.25, -0.2) is 0 Å². The first-order chi connectivity index (χ1) is 5.57. The normalized spacial score (nSPS) is 18.0. The average Bonchev–Trinajstić information content (AvgIpc) is 2.01. The first-order valence-corrected chi connectivity index (χ1v) is 3.43. The van der Waals surface area contributed by atoms with Crippen LogP contribution in [0.2, 0.25) is 0 Å². The van der Waals surface area contributed by atoms with Crippen molar-refractivity contribution < 1.29 is 14.4 Å². The van der Waals surface area contributed by atoms with Gasteiger partial charge in [0.1, 0.15) is 10.7 Å². The molecule has 64 valence electrons. The maximum atomic E-state index is 10.9. The summed E-state index contributed by atoms with van der Waals surface area (Å²) in [5.41, 5.74) is -0.0822. The third-order valence-electron chi connectivity index (χ3n) is 1.33. The van der Waals surface area contributed by atoms with E-state index in [1.54, 1.807) is 0 Å². The van der Waals surface area contributed by atoms with Crippen molar-refractivity contribution in [2.24, 2.45) is 0 Å². The van der Waals surface area contributed by atoms with Gasteiger partial charge in [-0.2, -0.15) is 0 Å². The van der Waals surface area contributed by atoms with Crippen LogP contribution in [0, 0.1) is 0 Å². The van der Waals surface area contributed by atoms with E-state index in [0.29, 0.717) is 0 Å². The van der Waals surface area contributed by atoms with E-state index in [4.69, 9.17) is 11.6 Å². The Morgan fingerprint density at radius 3 is 2.33 bits per heavy atom. The van der Waals surface area contributed by atoms with E-state index < -0.39 is 17.6 Å². The van der Waals surface area contributed by atoms with Crippen LogP contribution >= 0.6 is 11.6 Å². The smallest absolute Gasteiger partial charge is 0.300 e. The maximum Gasteiger partial charge on any atom is 0.300 e. The fourth-order valence-electron chi connectivity index (χ4n) is 0.759. The van der Waals surface area contributed by atoms with Gasteiger partial charge in [0.25, 0.3) is 17.6 Å². The molecule has 0 fully saturated rings. The monoisotopic (exact) mass is 188 g/mol. The Labute approximate surface area is 72.8 Å². The van der Waals surface area contributed by atoms with Crippen LogP contribution in [0.25, 0.3) is 0 Å². The van der Waals surface area contributed by atoms with E-state index in [2.05, 4.69) is 5.32 Å². The fraction of sp³-hybridized carbons (Fsp3) is 0.167.